The summed E-state index contributed by atoms with van der Waals surface area (Å²) in [4.78, 5) is 4.26. The molecule has 0 amide bonds. The first-order valence-electron chi connectivity index (χ1n) is 11.4. The molecule has 1 unspecified atom stereocenters. The number of aromatic nitrogens is 5. The molecule has 33 heavy (non-hydrogen) atoms. The lowest BCUT2D eigenvalue weighted by Gasteiger charge is -2.12. The van der Waals surface area contributed by atoms with Crippen molar-refractivity contribution in [2.45, 2.75) is 32.4 Å². The molecule has 9 nitrogen and oxygen atoms in total. The zero-order valence-corrected chi connectivity index (χ0v) is 18.7. The van der Waals surface area contributed by atoms with E-state index in [2.05, 4.69) is 27.4 Å². The molecule has 0 bridgehead atoms. The highest BCUT2D eigenvalue weighted by Crippen LogP contribution is 2.29. The zero-order valence-electron chi connectivity index (χ0n) is 18.7. The van der Waals surface area contributed by atoms with Gasteiger partial charge in [0, 0.05) is 30.8 Å². The summed E-state index contributed by atoms with van der Waals surface area (Å²) >= 11 is 0. The third-order valence-corrected chi connectivity index (χ3v) is 5.70. The van der Waals surface area contributed by atoms with E-state index in [-0.39, 0.29) is 0 Å². The fourth-order valence-electron chi connectivity index (χ4n) is 3.91. The van der Waals surface area contributed by atoms with E-state index in [1.54, 1.807) is 18.9 Å². The first-order valence-corrected chi connectivity index (χ1v) is 11.4. The van der Waals surface area contributed by atoms with E-state index in [4.69, 9.17) is 14.2 Å². The smallest absolute Gasteiger partial charge is 0.206 e. The maximum atomic E-state index is 6.21. The normalized spacial score (nSPS) is 15.8. The van der Waals surface area contributed by atoms with Crippen LogP contribution in [-0.2, 0) is 11.3 Å². The lowest BCUT2D eigenvalue weighted by Crippen LogP contribution is -2.30. The predicted octanol–water partition coefficient (Wildman–Crippen LogP) is 3.55. The van der Waals surface area contributed by atoms with Gasteiger partial charge in [-0.1, -0.05) is 0 Å². The average molecular weight is 449 g/mol. The molecule has 0 saturated carbocycles. The molecule has 5 rings (SSSR count). The number of aryl methyl sites for hydroxylation is 1. The largest absolute Gasteiger partial charge is 0.494 e. The molecule has 1 atom stereocenters. The molecular formula is C24H28N6O3. The van der Waals surface area contributed by atoms with Gasteiger partial charge in [-0.15, -0.1) is 10.2 Å². The highest BCUT2D eigenvalue weighted by Gasteiger charge is 2.14. The van der Waals surface area contributed by atoms with E-state index in [0.717, 1.165) is 61.8 Å². The SMILES string of the molecule is CCn1cnnc1-c1cc(Oc2ccc(OCCCNC3CCOC3)cc2)n2cncc2c1. The fraction of sp³-hybridized carbons (Fsp3) is 0.375. The lowest BCUT2D eigenvalue weighted by molar-refractivity contribution is 0.189. The number of fused-ring (bicyclic) bond motifs is 1. The number of hydrogen-bond donors (Lipinski definition) is 1. The molecule has 172 valence electrons. The Hall–Kier alpha value is -3.43. The summed E-state index contributed by atoms with van der Waals surface area (Å²) in [6.45, 7) is 6.12. The molecule has 4 heterocycles. The van der Waals surface area contributed by atoms with Crippen LogP contribution in [0.5, 0.6) is 17.4 Å². The summed E-state index contributed by atoms with van der Waals surface area (Å²) in [7, 11) is 0. The van der Waals surface area contributed by atoms with E-state index in [0.29, 0.717) is 24.3 Å². The number of pyridine rings is 1. The van der Waals surface area contributed by atoms with Crippen molar-refractivity contribution < 1.29 is 14.2 Å². The second-order valence-electron chi connectivity index (χ2n) is 8.00. The standard InChI is InChI=1S/C24H28N6O3/c1-2-29-17-27-28-24(29)18-12-20-14-25-16-30(20)23(13-18)33-22-6-4-21(5-7-22)32-10-3-9-26-19-8-11-31-15-19/h4-7,12-14,16-17,19,26H,2-3,8-11,15H2,1H3. The molecule has 4 aromatic rings. The Labute approximate surface area is 192 Å². The minimum Gasteiger partial charge on any atom is -0.494 e. The van der Waals surface area contributed by atoms with Gasteiger partial charge in [0.15, 0.2) is 5.82 Å². The molecule has 1 aromatic carbocycles. The molecular weight excluding hydrogens is 420 g/mol. The number of benzene rings is 1. The Kier molecular flexibility index (Phi) is 6.50. The van der Waals surface area contributed by atoms with Crippen molar-refractivity contribution in [1.29, 1.82) is 0 Å². The minimum absolute atomic E-state index is 0.486. The molecule has 0 radical (unpaired) electrons. The number of ether oxygens (including phenoxy) is 3. The summed E-state index contributed by atoms with van der Waals surface area (Å²) in [6, 6.07) is 12.1. The van der Waals surface area contributed by atoms with Crippen LogP contribution in [0.2, 0.25) is 0 Å². The van der Waals surface area contributed by atoms with Gasteiger partial charge in [0.05, 0.1) is 24.9 Å². The first-order chi connectivity index (χ1) is 16.3. The van der Waals surface area contributed by atoms with Gasteiger partial charge >= 0.3 is 0 Å². The van der Waals surface area contributed by atoms with Gasteiger partial charge in [-0.05, 0) is 56.6 Å². The number of nitrogens with zero attached hydrogens (tertiary/aromatic N) is 5. The van der Waals surface area contributed by atoms with Crippen LogP contribution in [-0.4, -0.2) is 56.6 Å². The van der Waals surface area contributed by atoms with Crippen LogP contribution in [0.25, 0.3) is 16.9 Å². The number of rotatable bonds is 10. The van der Waals surface area contributed by atoms with Crippen LogP contribution >= 0.6 is 0 Å². The van der Waals surface area contributed by atoms with E-state index >= 15 is 0 Å². The Morgan fingerprint density at radius 2 is 2.03 bits per heavy atom. The van der Waals surface area contributed by atoms with Gasteiger partial charge in [0.1, 0.15) is 24.2 Å². The van der Waals surface area contributed by atoms with Gasteiger partial charge in [0.25, 0.3) is 0 Å². The van der Waals surface area contributed by atoms with Crippen LogP contribution in [0.3, 0.4) is 0 Å². The highest BCUT2D eigenvalue weighted by molar-refractivity contribution is 5.66. The molecule has 1 N–H and O–H groups in total. The van der Waals surface area contributed by atoms with Crippen LogP contribution in [0.15, 0.2) is 55.2 Å². The van der Waals surface area contributed by atoms with Crippen LogP contribution in [0, 0.1) is 0 Å². The van der Waals surface area contributed by atoms with Crippen molar-refractivity contribution in [2.24, 2.45) is 0 Å². The Morgan fingerprint density at radius 3 is 2.85 bits per heavy atom. The predicted molar refractivity (Wildman–Crippen MR) is 124 cm³/mol. The topological polar surface area (TPSA) is 87.7 Å². The van der Waals surface area contributed by atoms with Crippen molar-refractivity contribution in [3.8, 4) is 28.8 Å². The Morgan fingerprint density at radius 1 is 1.15 bits per heavy atom. The second-order valence-corrected chi connectivity index (χ2v) is 8.00. The van der Waals surface area contributed by atoms with Crippen LogP contribution in [0.4, 0.5) is 0 Å². The summed E-state index contributed by atoms with van der Waals surface area (Å²) in [5, 5.41) is 11.8. The first kappa shape index (κ1) is 21.4. The van der Waals surface area contributed by atoms with Gasteiger partial charge < -0.3 is 24.1 Å². The van der Waals surface area contributed by atoms with Crippen LogP contribution in [0.1, 0.15) is 19.8 Å². The number of hydrogen-bond acceptors (Lipinski definition) is 7. The number of imidazole rings is 1. The molecule has 0 spiro atoms. The molecule has 1 fully saturated rings. The van der Waals surface area contributed by atoms with Gasteiger partial charge in [-0.25, -0.2) is 4.98 Å². The third-order valence-electron chi connectivity index (χ3n) is 5.70. The van der Waals surface area contributed by atoms with Crippen molar-refractivity contribution in [3.63, 3.8) is 0 Å². The maximum absolute atomic E-state index is 6.21. The highest BCUT2D eigenvalue weighted by atomic mass is 16.5. The van der Waals surface area contributed by atoms with Crippen molar-refractivity contribution in [3.05, 3.63) is 55.2 Å². The average Bonchev–Trinajstić information content (AvgIpc) is 3.61. The van der Waals surface area contributed by atoms with Gasteiger partial charge in [-0.2, -0.15) is 0 Å². The van der Waals surface area contributed by atoms with Crippen molar-refractivity contribution in [1.82, 2.24) is 29.5 Å². The molecule has 0 aliphatic carbocycles. The number of nitrogens with one attached hydrogen (secondary N) is 1. The van der Waals surface area contributed by atoms with E-state index in [1.807, 2.05) is 45.4 Å². The third kappa shape index (κ3) is 4.99. The molecule has 1 aliphatic heterocycles. The Bertz CT molecular complexity index is 1180. The second kappa shape index (κ2) is 10.0. The van der Waals surface area contributed by atoms with E-state index in [9.17, 15) is 0 Å². The monoisotopic (exact) mass is 448 g/mol. The fourth-order valence-corrected chi connectivity index (χ4v) is 3.91. The van der Waals surface area contributed by atoms with Gasteiger partial charge in [-0.3, -0.25) is 4.40 Å². The van der Waals surface area contributed by atoms with Crippen molar-refractivity contribution >= 4 is 5.52 Å². The molecule has 1 aliphatic rings. The zero-order chi connectivity index (χ0) is 22.5. The molecule has 3 aromatic heterocycles. The quantitative estimate of drug-likeness (QED) is 0.371. The summed E-state index contributed by atoms with van der Waals surface area (Å²) in [5.41, 5.74) is 1.85. The van der Waals surface area contributed by atoms with Crippen molar-refractivity contribution in [2.75, 3.05) is 26.4 Å². The lowest BCUT2D eigenvalue weighted by atomic mass is 10.2. The summed E-state index contributed by atoms with van der Waals surface area (Å²) in [5.74, 6) is 2.99. The molecule has 9 heteroatoms. The van der Waals surface area contributed by atoms with E-state index in [1.165, 1.54) is 0 Å². The van der Waals surface area contributed by atoms with Gasteiger partial charge in [0.2, 0.25) is 5.88 Å². The molecule has 1 saturated heterocycles. The van der Waals surface area contributed by atoms with E-state index < -0.39 is 0 Å². The summed E-state index contributed by atoms with van der Waals surface area (Å²) < 4.78 is 21.3. The van der Waals surface area contributed by atoms with Crippen LogP contribution < -0.4 is 14.8 Å². The Balaban J connectivity index is 1.22. The minimum atomic E-state index is 0.486. The maximum Gasteiger partial charge on any atom is 0.206 e. The summed E-state index contributed by atoms with van der Waals surface area (Å²) in [6.07, 6.45) is 7.31.